The Morgan fingerprint density at radius 3 is 2.12 bits per heavy atom. The predicted octanol–water partition coefficient (Wildman–Crippen LogP) is 2.72. The van der Waals surface area contributed by atoms with Gasteiger partial charge in [0, 0.05) is 38.4 Å². The molecule has 0 saturated carbocycles. The molecule has 49 heavy (non-hydrogen) atoms. The SMILES string of the molecule is O=C(O)CC[C@H](CP(=O)(O)OCCC[C@H](NC(=O)CC[C@H](CC(=O)CCCCCNC(=O)c1cnc(F)c(Cl)c1)C(=O)O)C(=O)O)C(=O)O. The number of carbonyl (C=O) groups is 7. The molecule has 20 heteroatoms. The molecular formula is C29H40ClFN3O14P. The number of pyridine rings is 1. The van der Waals surface area contributed by atoms with Crippen LogP contribution in [-0.4, -0.2) is 97.1 Å². The van der Waals surface area contributed by atoms with Gasteiger partial charge >= 0.3 is 31.5 Å². The van der Waals surface area contributed by atoms with Gasteiger partial charge in [-0.1, -0.05) is 18.0 Å². The van der Waals surface area contributed by atoms with E-state index in [0.717, 1.165) is 12.3 Å². The van der Waals surface area contributed by atoms with Crippen molar-refractivity contribution in [2.75, 3.05) is 19.3 Å². The lowest BCUT2D eigenvalue weighted by Crippen LogP contribution is -2.41. The molecule has 0 aliphatic heterocycles. The molecular weight excluding hydrogens is 700 g/mol. The van der Waals surface area contributed by atoms with Crippen LogP contribution in [-0.2, 0) is 37.9 Å². The van der Waals surface area contributed by atoms with E-state index in [1.165, 1.54) is 0 Å². The third kappa shape index (κ3) is 18.4. The summed E-state index contributed by atoms with van der Waals surface area (Å²) in [7, 11) is -4.47. The number of amides is 2. The summed E-state index contributed by atoms with van der Waals surface area (Å²) >= 11 is 5.61. The van der Waals surface area contributed by atoms with Gasteiger partial charge in [0.15, 0.2) is 0 Å². The van der Waals surface area contributed by atoms with Crippen molar-refractivity contribution in [2.45, 2.75) is 76.7 Å². The van der Waals surface area contributed by atoms with E-state index in [1.807, 2.05) is 0 Å². The fraction of sp³-hybridized carbons (Fsp3) is 0.586. The normalized spacial score (nSPS) is 14.1. The van der Waals surface area contributed by atoms with E-state index in [9.17, 15) is 57.6 Å². The van der Waals surface area contributed by atoms with Crippen molar-refractivity contribution >= 4 is 60.7 Å². The Balaban J connectivity index is 2.41. The second-order valence-corrected chi connectivity index (χ2v) is 13.4. The van der Waals surface area contributed by atoms with E-state index in [1.54, 1.807) is 0 Å². The molecule has 0 radical (unpaired) electrons. The van der Waals surface area contributed by atoms with Gasteiger partial charge in [-0.3, -0.25) is 33.3 Å². The average molecular weight is 740 g/mol. The highest BCUT2D eigenvalue weighted by atomic mass is 35.5. The van der Waals surface area contributed by atoms with Crippen LogP contribution in [0.1, 0.15) is 81.0 Å². The van der Waals surface area contributed by atoms with Gasteiger partial charge in [-0.15, -0.1) is 0 Å². The van der Waals surface area contributed by atoms with Crippen molar-refractivity contribution in [3.63, 3.8) is 0 Å². The largest absolute Gasteiger partial charge is 0.481 e. The fourth-order valence-electron chi connectivity index (χ4n) is 4.41. The van der Waals surface area contributed by atoms with Crippen LogP contribution in [0.2, 0.25) is 5.02 Å². The lowest BCUT2D eigenvalue weighted by Gasteiger charge is -2.18. The predicted molar refractivity (Wildman–Crippen MR) is 167 cm³/mol. The van der Waals surface area contributed by atoms with Gasteiger partial charge in [0.25, 0.3) is 5.91 Å². The molecule has 1 rings (SSSR count). The molecule has 0 aromatic carbocycles. The Morgan fingerprint density at radius 2 is 1.53 bits per heavy atom. The van der Waals surface area contributed by atoms with Crippen molar-refractivity contribution in [2.24, 2.45) is 11.8 Å². The number of carboxylic acid groups (broad SMARTS) is 4. The molecule has 1 unspecified atom stereocenters. The quantitative estimate of drug-likeness (QED) is 0.0408. The Morgan fingerprint density at radius 1 is 0.878 bits per heavy atom. The number of aromatic nitrogens is 1. The van der Waals surface area contributed by atoms with E-state index >= 15 is 0 Å². The van der Waals surface area contributed by atoms with Gasteiger partial charge in [-0.2, -0.15) is 4.39 Å². The standard InChI is InChI=1S/C29H40ClFN3O14P/c30-21-14-19(15-33-25(21)31)26(39)32-11-3-1-2-5-20(35)13-17(27(40)41)7-9-23(36)34-22(29(44)45)6-4-12-48-49(46,47)16-18(28(42)43)8-10-24(37)38/h14-15,17-18,22H,1-13,16H2,(H,32,39)(H,34,36)(H,37,38)(H,40,41)(H,42,43)(H,44,45)(H,46,47)/t17-,18-,22+/m1/s1. The van der Waals surface area contributed by atoms with Crippen LogP contribution < -0.4 is 10.6 Å². The lowest BCUT2D eigenvalue weighted by molar-refractivity contribution is -0.145. The fourth-order valence-corrected chi connectivity index (χ4v) is 5.99. The number of carbonyl (C=O) groups excluding carboxylic acids is 3. The molecule has 0 aliphatic carbocycles. The highest BCUT2D eigenvalue weighted by molar-refractivity contribution is 7.52. The molecule has 4 atom stereocenters. The van der Waals surface area contributed by atoms with Crippen LogP contribution in [0.25, 0.3) is 0 Å². The van der Waals surface area contributed by atoms with Gasteiger partial charge in [0.05, 0.1) is 35.2 Å². The Kier molecular flexibility index (Phi) is 19.2. The lowest BCUT2D eigenvalue weighted by atomic mass is 9.94. The summed E-state index contributed by atoms with van der Waals surface area (Å²) in [6, 6.07) is -0.322. The third-order valence-corrected chi connectivity index (χ3v) is 8.84. The number of hydrogen-bond donors (Lipinski definition) is 7. The summed E-state index contributed by atoms with van der Waals surface area (Å²) in [5.74, 6) is -10.7. The van der Waals surface area contributed by atoms with Gasteiger partial charge in [0.1, 0.15) is 11.8 Å². The first-order valence-corrected chi connectivity index (χ1v) is 17.3. The molecule has 1 heterocycles. The number of nitrogens with zero attached hydrogens (tertiary/aromatic N) is 1. The van der Waals surface area contributed by atoms with Crippen LogP contribution >= 0.6 is 19.2 Å². The molecule has 0 saturated heterocycles. The smallest absolute Gasteiger partial charge is 0.328 e. The summed E-state index contributed by atoms with van der Waals surface area (Å²) < 4.78 is 30.2. The minimum Gasteiger partial charge on any atom is -0.481 e. The maximum absolute atomic E-state index is 13.1. The van der Waals surface area contributed by atoms with Gasteiger partial charge < -0.3 is 40.5 Å². The van der Waals surface area contributed by atoms with Crippen LogP contribution in [0.15, 0.2) is 12.3 Å². The second kappa shape index (κ2) is 21.9. The topological polar surface area (TPSA) is 284 Å². The van der Waals surface area contributed by atoms with Crippen molar-refractivity contribution in [1.29, 1.82) is 0 Å². The Bertz CT molecular complexity index is 1400. The van der Waals surface area contributed by atoms with Crippen molar-refractivity contribution in [1.82, 2.24) is 15.6 Å². The maximum Gasteiger partial charge on any atom is 0.328 e. The minimum atomic E-state index is -4.47. The number of rotatable bonds is 26. The first-order chi connectivity index (χ1) is 22.9. The number of Topliss-reactive ketones (excluding diaryl/α,β-unsaturated/α-hetero) is 1. The van der Waals surface area contributed by atoms with Gasteiger partial charge in [-0.05, 0) is 44.6 Å². The molecule has 17 nitrogen and oxygen atoms in total. The minimum absolute atomic E-state index is 0.0602. The molecule has 7 N–H and O–H groups in total. The maximum atomic E-state index is 13.1. The number of carboxylic acids is 4. The summed E-state index contributed by atoms with van der Waals surface area (Å²) in [6.07, 6.45) is -0.665. The molecule has 2 amide bonds. The van der Waals surface area contributed by atoms with Crippen molar-refractivity contribution in [3.05, 3.63) is 28.8 Å². The summed E-state index contributed by atoms with van der Waals surface area (Å²) in [4.78, 5) is 95.3. The van der Waals surface area contributed by atoms with Gasteiger partial charge in [0.2, 0.25) is 11.9 Å². The summed E-state index contributed by atoms with van der Waals surface area (Å²) in [6.45, 7) is -0.218. The molecule has 1 aromatic rings. The number of ketones is 1. The molecule has 274 valence electrons. The second-order valence-electron chi connectivity index (χ2n) is 11.1. The average Bonchev–Trinajstić information content (AvgIpc) is 3.01. The number of unbranched alkanes of at least 4 members (excludes halogenated alkanes) is 2. The zero-order chi connectivity index (χ0) is 37.1. The zero-order valence-corrected chi connectivity index (χ0v) is 28.0. The molecule has 0 bridgehead atoms. The number of hydrogen-bond acceptors (Lipinski definition) is 10. The Labute approximate surface area is 285 Å². The van der Waals surface area contributed by atoms with Crippen molar-refractivity contribution in [3.8, 4) is 0 Å². The van der Waals surface area contributed by atoms with Crippen LogP contribution in [0, 0.1) is 17.8 Å². The molecule has 1 aromatic heterocycles. The number of aliphatic carboxylic acids is 4. The highest BCUT2D eigenvalue weighted by Gasteiger charge is 2.31. The van der Waals surface area contributed by atoms with E-state index in [4.69, 9.17) is 26.3 Å². The summed E-state index contributed by atoms with van der Waals surface area (Å²) in [5, 5.41) is 41.3. The zero-order valence-electron chi connectivity index (χ0n) is 26.3. The van der Waals surface area contributed by atoms with Crippen LogP contribution in [0.4, 0.5) is 4.39 Å². The van der Waals surface area contributed by atoms with E-state index < -0.39 is 99.1 Å². The Hall–Kier alpha value is -3.99. The van der Waals surface area contributed by atoms with Crippen LogP contribution in [0.5, 0.6) is 0 Å². The number of nitrogens with one attached hydrogen (secondary N) is 2. The van der Waals surface area contributed by atoms with Crippen molar-refractivity contribution < 1.29 is 72.4 Å². The molecule has 0 spiro atoms. The van der Waals surface area contributed by atoms with E-state index in [0.29, 0.717) is 19.3 Å². The molecule has 0 fully saturated rings. The van der Waals surface area contributed by atoms with E-state index in [-0.39, 0.29) is 55.0 Å². The summed E-state index contributed by atoms with van der Waals surface area (Å²) in [5.41, 5.74) is 0.0801. The first kappa shape index (κ1) is 43.0. The van der Waals surface area contributed by atoms with E-state index in [2.05, 4.69) is 15.6 Å². The highest BCUT2D eigenvalue weighted by Crippen LogP contribution is 2.44. The number of halogens is 2. The van der Waals surface area contributed by atoms with Gasteiger partial charge in [-0.25, -0.2) is 9.78 Å². The first-order valence-electron chi connectivity index (χ1n) is 15.2. The van der Waals surface area contributed by atoms with Crippen LogP contribution in [0.3, 0.4) is 0 Å². The monoisotopic (exact) mass is 739 g/mol. The third-order valence-electron chi connectivity index (χ3n) is 7.09. The molecule has 0 aliphatic rings.